The summed E-state index contributed by atoms with van der Waals surface area (Å²) >= 11 is 0. The minimum absolute atomic E-state index is 0. The molecule has 4 aromatic carbocycles. The zero-order chi connectivity index (χ0) is 30.0. The van der Waals surface area contributed by atoms with Crippen LogP contribution in [0.3, 0.4) is 0 Å². The average molecular weight is 619 g/mol. The molecule has 0 aromatic heterocycles. The fraction of sp³-hybridized carbons (Fsp3) is 0.270. The molecule has 0 bridgehead atoms. The number of hydrogen-bond donors (Lipinski definition) is 0. The highest BCUT2D eigenvalue weighted by atomic mass is 35.5. The lowest BCUT2D eigenvalue weighted by atomic mass is 9.99. The van der Waals surface area contributed by atoms with E-state index in [0.29, 0.717) is 11.9 Å². The molecule has 0 spiro atoms. The number of benzene rings is 4. The van der Waals surface area contributed by atoms with Crippen LogP contribution in [0.1, 0.15) is 54.9 Å². The quantitative estimate of drug-likeness (QED) is 0.0914. The molecule has 0 unspecified atom stereocenters. The molecule has 0 fully saturated rings. The summed E-state index contributed by atoms with van der Waals surface area (Å²) in [6.45, 7) is 2.21. The number of halogens is 1. The predicted molar refractivity (Wildman–Crippen MR) is 179 cm³/mol. The minimum Gasteiger partial charge on any atom is -1.00 e. The second-order valence-corrected chi connectivity index (χ2v) is 13.4. The lowest BCUT2D eigenvalue weighted by Crippen LogP contribution is -3.00. The van der Waals surface area contributed by atoms with Crippen molar-refractivity contribution < 1.29 is 31.4 Å². The summed E-state index contributed by atoms with van der Waals surface area (Å²) in [6, 6.07) is 39.7. The van der Waals surface area contributed by atoms with Crippen molar-refractivity contribution in [3.63, 3.8) is 0 Å². The van der Waals surface area contributed by atoms with E-state index >= 15 is 0 Å². The molecule has 0 radical (unpaired) electrons. The number of hydrogen-bond acceptors (Lipinski definition) is 4. The number of rotatable bonds is 13. The van der Waals surface area contributed by atoms with Gasteiger partial charge in [-0.2, -0.15) is 0 Å². The topological polar surface area (TPSA) is 44.8 Å². The molecule has 0 atom stereocenters. The van der Waals surface area contributed by atoms with Gasteiger partial charge in [0, 0.05) is 7.11 Å². The van der Waals surface area contributed by atoms with Gasteiger partial charge in [-0.1, -0.05) is 92.9 Å². The lowest BCUT2D eigenvalue weighted by Gasteiger charge is -2.26. The van der Waals surface area contributed by atoms with Crippen LogP contribution in [0.5, 0.6) is 0 Å². The Bertz CT molecular complexity index is 1250. The van der Waals surface area contributed by atoms with E-state index in [1.165, 1.54) is 47.9 Å². The number of carbonyl (C=O) groups excluding carboxylic acids is 1. The molecule has 0 aliphatic rings. The Labute approximate surface area is 264 Å². The van der Waals surface area contributed by atoms with Crippen molar-refractivity contribution >= 4 is 34.7 Å². The first-order chi connectivity index (χ1) is 20.6. The van der Waals surface area contributed by atoms with Gasteiger partial charge in [-0.15, -0.1) is 0 Å². The molecule has 4 rings (SSSR count). The SMILES string of the molecule is CCCCCCC(=COC)c1ccc(C(=O)OC)cc1.COC[P+](c1ccccc1)(c1ccccc1)c1ccccc1.[Cl-]. The second-order valence-electron chi connectivity index (χ2n) is 9.99. The normalized spacial score (nSPS) is 11.0. The Hall–Kier alpha value is -3.43. The van der Waals surface area contributed by atoms with Gasteiger partial charge in [0.1, 0.15) is 23.2 Å². The third kappa shape index (κ3) is 10.1. The van der Waals surface area contributed by atoms with Crippen LogP contribution in [0.15, 0.2) is 122 Å². The van der Waals surface area contributed by atoms with Gasteiger partial charge in [0.2, 0.25) is 0 Å². The van der Waals surface area contributed by atoms with Crippen LogP contribution < -0.4 is 28.3 Å². The van der Waals surface area contributed by atoms with Crippen LogP contribution >= 0.6 is 7.26 Å². The largest absolute Gasteiger partial charge is 1.00 e. The molecule has 0 amide bonds. The fourth-order valence-electron chi connectivity index (χ4n) is 5.01. The summed E-state index contributed by atoms with van der Waals surface area (Å²) in [4.78, 5) is 11.4. The van der Waals surface area contributed by atoms with E-state index in [4.69, 9.17) is 14.2 Å². The van der Waals surface area contributed by atoms with Crippen molar-refractivity contribution in [2.75, 3.05) is 27.7 Å². The van der Waals surface area contributed by atoms with Crippen molar-refractivity contribution in [2.24, 2.45) is 0 Å². The second kappa shape index (κ2) is 19.7. The monoisotopic (exact) mass is 618 g/mol. The summed E-state index contributed by atoms with van der Waals surface area (Å²) in [5.41, 5.74) is 2.83. The number of esters is 1. The molecule has 0 aliphatic carbocycles. The Balaban J connectivity index is 0.000000295. The Morgan fingerprint density at radius 1 is 0.651 bits per heavy atom. The first-order valence-corrected chi connectivity index (χ1v) is 16.5. The van der Waals surface area contributed by atoms with E-state index in [1.807, 2.05) is 12.1 Å². The van der Waals surface area contributed by atoms with Gasteiger partial charge in [0.05, 0.1) is 26.0 Å². The van der Waals surface area contributed by atoms with Gasteiger partial charge < -0.3 is 26.6 Å². The highest BCUT2D eigenvalue weighted by Gasteiger charge is 2.45. The van der Waals surface area contributed by atoms with Crippen molar-refractivity contribution in [1.82, 2.24) is 0 Å². The molecule has 6 heteroatoms. The maximum atomic E-state index is 11.4. The Kier molecular flexibility index (Phi) is 16.4. The molecular weight excluding hydrogens is 575 g/mol. The smallest absolute Gasteiger partial charge is 0.337 e. The van der Waals surface area contributed by atoms with E-state index < -0.39 is 7.26 Å². The van der Waals surface area contributed by atoms with Gasteiger partial charge in [0.15, 0.2) is 6.35 Å². The molecule has 4 nitrogen and oxygen atoms in total. The number of allylic oxidation sites excluding steroid dienone is 1. The molecule has 228 valence electrons. The van der Waals surface area contributed by atoms with Crippen LogP contribution in [0.25, 0.3) is 5.57 Å². The van der Waals surface area contributed by atoms with Gasteiger partial charge in [-0.3, -0.25) is 0 Å². The van der Waals surface area contributed by atoms with Crippen LogP contribution in [0.2, 0.25) is 0 Å². The van der Waals surface area contributed by atoms with Crippen molar-refractivity contribution in [3.8, 4) is 0 Å². The predicted octanol–water partition coefficient (Wildman–Crippen LogP) is 5.02. The third-order valence-electron chi connectivity index (χ3n) is 7.15. The third-order valence-corrected chi connectivity index (χ3v) is 11.3. The highest BCUT2D eigenvalue weighted by Crippen LogP contribution is 2.55. The first kappa shape index (κ1) is 35.8. The van der Waals surface area contributed by atoms with E-state index in [2.05, 4.69) is 97.9 Å². The summed E-state index contributed by atoms with van der Waals surface area (Å²) in [7, 11) is 3.07. The first-order valence-electron chi connectivity index (χ1n) is 14.5. The highest BCUT2D eigenvalue weighted by molar-refractivity contribution is 7.95. The van der Waals surface area contributed by atoms with E-state index in [-0.39, 0.29) is 18.4 Å². The number of carbonyl (C=O) groups is 1. The Morgan fingerprint density at radius 2 is 1.12 bits per heavy atom. The maximum absolute atomic E-state index is 11.4. The number of unbranched alkanes of at least 4 members (excludes halogenated alkanes) is 3. The summed E-state index contributed by atoms with van der Waals surface area (Å²) in [6.07, 6.45) is 8.38. The maximum Gasteiger partial charge on any atom is 0.337 e. The van der Waals surface area contributed by atoms with Gasteiger partial charge in [-0.25, -0.2) is 4.79 Å². The molecule has 0 aliphatic heterocycles. The molecular formula is C37H44ClO4P. The zero-order valence-corrected chi connectivity index (χ0v) is 27.4. The van der Waals surface area contributed by atoms with Crippen LogP contribution in [-0.2, 0) is 14.2 Å². The van der Waals surface area contributed by atoms with E-state index in [9.17, 15) is 4.79 Å². The molecule has 0 saturated heterocycles. The minimum atomic E-state index is -1.78. The summed E-state index contributed by atoms with van der Waals surface area (Å²) in [5, 5.41) is 4.07. The molecule has 43 heavy (non-hydrogen) atoms. The van der Waals surface area contributed by atoms with Crippen molar-refractivity contribution in [1.29, 1.82) is 0 Å². The molecule has 0 N–H and O–H groups in total. The zero-order valence-electron chi connectivity index (χ0n) is 25.7. The Morgan fingerprint density at radius 3 is 1.51 bits per heavy atom. The number of methoxy groups -OCH3 is 3. The van der Waals surface area contributed by atoms with E-state index in [0.717, 1.165) is 18.4 Å². The van der Waals surface area contributed by atoms with Gasteiger partial charge in [-0.05, 0) is 72.5 Å². The van der Waals surface area contributed by atoms with Crippen LogP contribution in [-0.4, -0.2) is 33.6 Å². The average Bonchev–Trinajstić information content (AvgIpc) is 3.06. The van der Waals surface area contributed by atoms with Crippen molar-refractivity contribution in [3.05, 3.63) is 133 Å². The molecule has 0 heterocycles. The van der Waals surface area contributed by atoms with Gasteiger partial charge >= 0.3 is 5.97 Å². The van der Waals surface area contributed by atoms with Gasteiger partial charge in [0.25, 0.3) is 0 Å². The number of ether oxygens (including phenoxy) is 3. The van der Waals surface area contributed by atoms with Crippen LogP contribution in [0, 0.1) is 0 Å². The molecule has 4 aromatic rings. The lowest BCUT2D eigenvalue weighted by molar-refractivity contribution is -0.0000234. The summed E-state index contributed by atoms with van der Waals surface area (Å²) in [5.74, 6) is -0.309. The molecule has 0 saturated carbocycles. The van der Waals surface area contributed by atoms with Crippen molar-refractivity contribution in [2.45, 2.75) is 39.0 Å². The fourth-order valence-corrected chi connectivity index (χ4v) is 8.78. The van der Waals surface area contributed by atoms with Crippen LogP contribution in [0.4, 0.5) is 0 Å². The summed E-state index contributed by atoms with van der Waals surface area (Å²) < 4.78 is 15.6. The van der Waals surface area contributed by atoms with E-state index in [1.54, 1.807) is 32.6 Å². The standard InChI is InChI=1S/C20H20OP.C17H24O3.ClH/c1-21-17-22(18-11-5-2-6-12-18,19-13-7-3-8-14-19)20-15-9-4-10-16-20;1-4-5-6-7-8-16(13-19-2)14-9-11-15(12-10-14)17(18)20-3;/h2-16H,17H2,1H3;9-13H,4-8H2,1-3H3;1H/q+1;;/p-1.